The first-order valence-corrected chi connectivity index (χ1v) is 18.3. The SMILES string of the molecule is CC(C)(C)c1ccc2c(-c3ccccc3)c3ccccc3c(-c3ccc4cc(-c5cc(-c6ccccc6)cc(-c6ccccc6)c5)ccc4c3)c2c1. The zero-order valence-corrected chi connectivity index (χ0v) is 29.9. The molecule has 9 aromatic rings. The van der Waals surface area contributed by atoms with Gasteiger partial charge in [0.25, 0.3) is 0 Å². The van der Waals surface area contributed by atoms with Crippen LogP contribution in [0.4, 0.5) is 0 Å². The molecule has 0 nitrogen and oxygen atoms in total. The lowest BCUT2D eigenvalue weighted by Crippen LogP contribution is -2.10. The molecule has 0 N–H and O–H groups in total. The fourth-order valence-corrected chi connectivity index (χ4v) is 7.84. The van der Waals surface area contributed by atoms with Crippen molar-refractivity contribution in [3.05, 3.63) is 194 Å². The molecule has 0 heterocycles. The molecule has 0 saturated carbocycles. The van der Waals surface area contributed by atoms with Crippen LogP contribution >= 0.6 is 0 Å². The van der Waals surface area contributed by atoms with Gasteiger partial charge in [0.1, 0.15) is 0 Å². The fourth-order valence-electron chi connectivity index (χ4n) is 7.84. The second kappa shape index (κ2) is 12.8. The highest BCUT2D eigenvalue weighted by Crippen LogP contribution is 2.45. The van der Waals surface area contributed by atoms with Gasteiger partial charge in [-0.3, -0.25) is 0 Å². The van der Waals surface area contributed by atoms with Gasteiger partial charge in [-0.25, -0.2) is 0 Å². The van der Waals surface area contributed by atoms with Crippen LogP contribution in [-0.4, -0.2) is 0 Å². The summed E-state index contributed by atoms with van der Waals surface area (Å²) in [6.45, 7) is 6.91. The van der Waals surface area contributed by atoms with Crippen LogP contribution in [0.5, 0.6) is 0 Å². The molecule has 52 heavy (non-hydrogen) atoms. The van der Waals surface area contributed by atoms with Crippen molar-refractivity contribution in [2.45, 2.75) is 26.2 Å². The van der Waals surface area contributed by atoms with E-state index in [0.29, 0.717) is 0 Å². The van der Waals surface area contributed by atoms with Gasteiger partial charge < -0.3 is 0 Å². The zero-order chi connectivity index (χ0) is 35.2. The van der Waals surface area contributed by atoms with Crippen molar-refractivity contribution in [3.8, 4) is 55.6 Å². The Morgan fingerprint density at radius 3 is 1.23 bits per heavy atom. The maximum Gasteiger partial charge on any atom is -0.00260 e. The van der Waals surface area contributed by atoms with Crippen LogP contribution in [0.1, 0.15) is 26.3 Å². The predicted molar refractivity (Wildman–Crippen MR) is 225 cm³/mol. The van der Waals surface area contributed by atoms with Crippen LogP contribution in [0.2, 0.25) is 0 Å². The normalized spacial score (nSPS) is 11.8. The molecule has 9 aromatic carbocycles. The molecule has 0 radical (unpaired) electrons. The summed E-state index contributed by atoms with van der Waals surface area (Å²) in [5.41, 5.74) is 13.8. The molecule has 0 unspecified atom stereocenters. The Morgan fingerprint density at radius 1 is 0.269 bits per heavy atom. The Kier molecular flexibility index (Phi) is 7.82. The predicted octanol–water partition coefficient (Wildman–Crippen LogP) is 14.8. The third-order valence-corrected chi connectivity index (χ3v) is 10.6. The van der Waals surface area contributed by atoms with Crippen molar-refractivity contribution in [1.29, 1.82) is 0 Å². The molecule has 248 valence electrons. The van der Waals surface area contributed by atoms with Gasteiger partial charge in [-0.2, -0.15) is 0 Å². The zero-order valence-electron chi connectivity index (χ0n) is 29.9. The fraction of sp³-hybridized carbons (Fsp3) is 0.0769. The summed E-state index contributed by atoms with van der Waals surface area (Å²) in [6.07, 6.45) is 0. The van der Waals surface area contributed by atoms with E-state index in [1.807, 2.05) is 0 Å². The van der Waals surface area contributed by atoms with Gasteiger partial charge >= 0.3 is 0 Å². The first-order chi connectivity index (χ1) is 25.4. The largest absolute Gasteiger partial charge is 0.0622 e. The summed E-state index contributed by atoms with van der Waals surface area (Å²) in [7, 11) is 0. The van der Waals surface area contributed by atoms with Crippen LogP contribution in [-0.2, 0) is 5.41 Å². The Bertz CT molecular complexity index is 2670. The molecule has 0 aliphatic carbocycles. The molecule has 0 heteroatoms. The topological polar surface area (TPSA) is 0 Å². The van der Waals surface area contributed by atoms with Crippen LogP contribution in [0.3, 0.4) is 0 Å². The third kappa shape index (κ3) is 5.77. The third-order valence-electron chi connectivity index (χ3n) is 10.6. The first-order valence-electron chi connectivity index (χ1n) is 18.3. The van der Waals surface area contributed by atoms with E-state index in [1.165, 1.54) is 93.5 Å². The van der Waals surface area contributed by atoms with Crippen molar-refractivity contribution in [2.75, 3.05) is 0 Å². The highest BCUT2D eigenvalue weighted by atomic mass is 14.2. The second-order valence-electron chi connectivity index (χ2n) is 15.0. The molecule has 9 rings (SSSR count). The van der Waals surface area contributed by atoms with Crippen LogP contribution in [0.15, 0.2) is 188 Å². The van der Waals surface area contributed by atoms with Gasteiger partial charge in [-0.15, -0.1) is 0 Å². The van der Waals surface area contributed by atoms with E-state index in [1.54, 1.807) is 0 Å². The smallest absolute Gasteiger partial charge is 0.00260 e. The first kappa shape index (κ1) is 31.7. The second-order valence-corrected chi connectivity index (χ2v) is 15.0. The van der Waals surface area contributed by atoms with Crippen molar-refractivity contribution in [3.63, 3.8) is 0 Å². The molecular weight excluding hydrogens is 625 g/mol. The van der Waals surface area contributed by atoms with Gasteiger partial charge in [-0.05, 0) is 135 Å². The molecule has 0 fully saturated rings. The van der Waals surface area contributed by atoms with Crippen LogP contribution in [0, 0.1) is 0 Å². The van der Waals surface area contributed by atoms with Crippen molar-refractivity contribution in [2.24, 2.45) is 0 Å². The molecule has 0 amide bonds. The lowest BCUT2D eigenvalue weighted by atomic mass is 9.81. The molecule has 0 aromatic heterocycles. The quantitative estimate of drug-likeness (QED) is 0.161. The average molecular weight is 665 g/mol. The van der Waals surface area contributed by atoms with E-state index in [2.05, 4.69) is 209 Å². The molecule has 0 spiro atoms. The molecule has 0 aliphatic rings. The lowest BCUT2D eigenvalue weighted by molar-refractivity contribution is 0.591. The Labute approximate surface area is 306 Å². The minimum atomic E-state index is 0.0298. The Hall–Kier alpha value is -6.24. The molecule has 0 aliphatic heterocycles. The molecule has 0 bridgehead atoms. The van der Waals surface area contributed by atoms with E-state index in [9.17, 15) is 0 Å². The molecular formula is C52H40. The van der Waals surface area contributed by atoms with E-state index in [4.69, 9.17) is 0 Å². The van der Waals surface area contributed by atoms with Gasteiger partial charge in [-0.1, -0.05) is 172 Å². The lowest BCUT2D eigenvalue weighted by Gasteiger charge is -2.23. The van der Waals surface area contributed by atoms with E-state index >= 15 is 0 Å². The molecule has 0 saturated heterocycles. The monoisotopic (exact) mass is 664 g/mol. The summed E-state index contributed by atoms with van der Waals surface area (Å²) < 4.78 is 0. The summed E-state index contributed by atoms with van der Waals surface area (Å²) in [6, 6.07) is 69.3. The highest BCUT2D eigenvalue weighted by Gasteiger charge is 2.20. The average Bonchev–Trinajstić information content (AvgIpc) is 3.19. The number of hydrogen-bond donors (Lipinski definition) is 0. The Morgan fingerprint density at radius 2 is 0.692 bits per heavy atom. The number of rotatable bonds is 5. The van der Waals surface area contributed by atoms with Crippen LogP contribution in [0.25, 0.3) is 88.0 Å². The van der Waals surface area contributed by atoms with Gasteiger partial charge in [0, 0.05) is 0 Å². The Balaban J connectivity index is 1.23. The number of hydrogen-bond acceptors (Lipinski definition) is 0. The van der Waals surface area contributed by atoms with E-state index in [-0.39, 0.29) is 5.41 Å². The summed E-state index contributed by atoms with van der Waals surface area (Å²) >= 11 is 0. The van der Waals surface area contributed by atoms with Crippen molar-refractivity contribution < 1.29 is 0 Å². The van der Waals surface area contributed by atoms with E-state index in [0.717, 1.165) is 0 Å². The number of benzene rings is 9. The maximum absolute atomic E-state index is 2.45. The highest BCUT2D eigenvalue weighted by molar-refractivity contribution is 6.22. The number of fused-ring (bicyclic) bond motifs is 3. The minimum absolute atomic E-state index is 0.0298. The summed E-state index contributed by atoms with van der Waals surface area (Å²) in [4.78, 5) is 0. The van der Waals surface area contributed by atoms with Crippen LogP contribution < -0.4 is 0 Å². The van der Waals surface area contributed by atoms with Gasteiger partial charge in [0.15, 0.2) is 0 Å². The van der Waals surface area contributed by atoms with Gasteiger partial charge in [0.2, 0.25) is 0 Å². The van der Waals surface area contributed by atoms with Crippen molar-refractivity contribution >= 4 is 32.3 Å². The van der Waals surface area contributed by atoms with Gasteiger partial charge in [0.05, 0.1) is 0 Å². The standard InChI is InChI=1S/C52H40/c1-52(2,3)45-27-28-48-49(34-45)51(47-22-14-13-21-46(47)50(48)37-19-11-6-12-20-37)41-26-25-38-29-40(24-23-39(38)30-41)44-32-42(35-15-7-4-8-16-35)31-43(33-44)36-17-9-5-10-18-36/h4-34H,1-3H3. The van der Waals surface area contributed by atoms with E-state index < -0.39 is 0 Å². The van der Waals surface area contributed by atoms with Crippen molar-refractivity contribution in [1.82, 2.24) is 0 Å². The minimum Gasteiger partial charge on any atom is -0.0622 e. The summed E-state index contributed by atoms with van der Waals surface area (Å²) in [5, 5.41) is 7.62. The molecule has 0 atom stereocenters. The summed E-state index contributed by atoms with van der Waals surface area (Å²) in [5.74, 6) is 0. The maximum atomic E-state index is 2.45.